The molecule has 3 fully saturated rings. The van der Waals surface area contributed by atoms with Crippen LogP contribution in [0, 0.1) is 0 Å². The van der Waals surface area contributed by atoms with Crippen molar-refractivity contribution in [2.45, 2.75) is 56.4 Å². The number of hydrogen-bond acceptors (Lipinski definition) is 6. The SMILES string of the molecule is CC1(C)O[C@@H]2[C@H]3O[C@@H]([C@@H](O)[C@@H]2O1)[C@H](CO)O3. The summed E-state index contributed by atoms with van der Waals surface area (Å²) in [7, 11) is 0. The topological polar surface area (TPSA) is 77.4 Å². The van der Waals surface area contributed by atoms with Gasteiger partial charge in [-0.1, -0.05) is 0 Å². The first-order valence-corrected chi connectivity index (χ1v) is 5.47. The first kappa shape index (κ1) is 10.9. The molecular formula is C10H16O6. The van der Waals surface area contributed by atoms with Crippen LogP contribution in [0.1, 0.15) is 13.8 Å². The Morgan fingerprint density at radius 3 is 2.44 bits per heavy atom. The van der Waals surface area contributed by atoms with Crippen LogP contribution in [0.4, 0.5) is 0 Å². The molecule has 0 radical (unpaired) electrons. The molecule has 2 N–H and O–H groups in total. The van der Waals surface area contributed by atoms with Crippen molar-refractivity contribution in [1.29, 1.82) is 0 Å². The van der Waals surface area contributed by atoms with Gasteiger partial charge in [0.2, 0.25) is 0 Å². The lowest BCUT2D eigenvalue weighted by Gasteiger charge is -2.32. The summed E-state index contributed by atoms with van der Waals surface area (Å²) in [5, 5.41) is 19.2. The molecule has 0 unspecified atom stereocenters. The molecule has 92 valence electrons. The molecule has 3 aliphatic rings. The lowest BCUT2D eigenvalue weighted by atomic mass is 9.98. The standard InChI is InChI=1S/C10H16O6/c1-10(2)15-7-5(12)6-4(3-11)13-9(14-6)8(7)16-10/h4-9,11-12H,3H2,1-2H3/t4-,5+,6+,7-,8-,9+/m0/s1. The molecule has 6 nitrogen and oxygen atoms in total. The molecule has 0 aromatic rings. The minimum atomic E-state index is -0.831. The Balaban J connectivity index is 1.85. The lowest BCUT2D eigenvalue weighted by Crippen LogP contribution is -2.53. The molecule has 0 aliphatic carbocycles. The van der Waals surface area contributed by atoms with E-state index in [1.165, 1.54) is 0 Å². The second-order valence-corrected chi connectivity index (χ2v) is 4.88. The van der Waals surface area contributed by atoms with E-state index in [4.69, 9.17) is 24.1 Å². The third-order valence-electron chi connectivity index (χ3n) is 3.25. The third-order valence-corrected chi connectivity index (χ3v) is 3.25. The Hall–Kier alpha value is -0.240. The van der Waals surface area contributed by atoms with Gasteiger partial charge in [0.25, 0.3) is 0 Å². The predicted molar refractivity (Wildman–Crippen MR) is 50.5 cm³/mol. The van der Waals surface area contributed by atoms with Crippen LogP contribution in [0.2, 0.25) is 0 Å². The maximum atomic E-state index is 10.1. The molecule has 0 aromatic heterocycles. The van der Waals surface area contributed by atoms with Gasteiger partial charge in [0, 0.05) is 0 Å². The largest absolute Gasteiger partial charge is 0.394 e. The zero-order valence-electron chi connectivity index (χ0n) is 9.20. The molecule has 0 saturated carbocycles. The van der Waals surface area contributed by atoms with Gasteiger partial charge < -0.3 is 29.2 Å². The Kier molecular flexibility index (Phi) is 2.30. The summed E-state index contributed by atoms with van der Waals surface area (Å²) in [6, 6.07) is 0. The average Bonchev–Trinajstić information content (AvgIpc) is 2.74. The van der Waals surface area contributed by atoms with Gasteiger partial charge in [-0.3, -0.25) is 0 Å². The molecule has 6 heteroatoms. The molecule has 3 rings (SSSR count). The van der Waals surface area contributed by atoms with Crippen molar-refractivity contribution in [1.82, 2.24) is 0 Å². The highest BCUT2D eigenvalue weighted by atomic mass is 16.8. The summed E-state index contributed by atoms with van der Waals surface area (Å²) in [5.74, 6) is -0.734. The molecule has 0 spiro atoms. The van der Waals surface area contributed by atoms with E-state index in [0.29, 0.717) is 0 Å². The van der Waals surface area contributed by atoms with Gasteiger partial charge in [0.05, 0.1) is 6.61 Å². The van der Waals surface area contributed by atoms with E-state index in [0.717, 1.165) is 0 Å². The Labute approximate surface area is 93.0 Å². The van der Waals surface area contributed by atoms with Gasteiger partial charge in [-0.15, -0.1) is 0 Å². The van der Waals surface area contributed by atoms with E-state index >= 15 is 0 Å². The minimum absolute atomic E-state index is 0.180. The highest BCUT2D eigenvalue weighted by Crippen LogP contribution is 2.42. The normalized spacial score (nSPS) is 54.0. The van der Waals surface area contributed by atoms with Crippen LogP contribution in [0.5, 0.6) is 0 Å². The van der Waals surface area contributed by atoms with E-state index in [9.17, 15) is 5.11 Å². The second-order valence-electron chi connectivity index (χ2n) is 4.88. The third kappa shape index (κ3) is 1.42. The Morgan fingerprint density at radius 1 is 1.06 bits per heavy atom. The van der Waals surface area contributed by atoms with E-state index in [1.807, 2.05) is 0 Å². The molecule has 3 saturated heterocycles. The Bertz CT molecular complexity index is 283. The van der Waals surface area contributed by atoms with Crippen LogP contribution in [0.3, 0.4) is 0 Å². The van der Waals surface area contributed by atoms with Crippen LogP contribution in [0.25, 0.3) is 0 Å². The number of aliphatic hydroxyl groups is 2. The van der Waals surface area contributed by atoms with Gasteiger partial charge in [0.15, 0.2) is 12.1 Å². The van der Waals surface area contributed by atoms with Gasteiger partial charge in [-0.2, -0.15) is 0 Å². The molecule has 0 amide bonds. The number of rotatable bonds is 1. The molecule has 0 aromatic carbocycles. The lowest BCUT2D eigenvalue weighted by molar-refractivity contribution is -0.199. The Morgan fingerprint density at radius 2 is 1.75 bits per heavy atom. The number of hydrogen-bond donors (Lipinski definition) is 2. The summed E-state index contributed by atoms with van der Waals surface area (Å²) < 4.78 is 22.2. The van der Waals surface area contributed by atoms with E-state index in [1.54, 1.807) is 13.8 Å². The van der Waals surface area contributed by atoms with E-state index < -0.39 is 42.6 Å². The van der Waals surface area contributed by atoms with Crippen LogP contribution in [0.15, 0.2) is 0 Å². The second kappa shape index (κ2) is 3.38. The van der Waals surface area contributed by atoms with Crippen molar-refractivity contribution in [3.05, 3.63) is 0 Å². The molecule has 2 bridgehead atoms. The van der Waals surface area contributed by atoms with Crippen molar-refractivity contribution in [3.63, 3.8) is 0 Å². The molecule has 16 heavy (non-hydrogen) atoms. The predicted octanol–water partition coefficient (Wildman–Crippen LogP) is -1.02. The van der Waals surface area contributed by atoms with Crippen LogP contribution in [-0.2, 0) is 18.9 Å². The fraction of sp³-hybridized carbons (Fsp3) is 1.00. The van der Waals surface area contributed by atoms with Crippen molar-refractivity contribution >= 4 is 0 Å². The van der Waals surface area contributed by atoms with Crippen LogP contribution in [-0.4, -0.2) is 59.4 Å². The summed E-state index contributed by atoms with van der Waals surface area (Å²) >= 11 is 0. The fourth-order valence-corrected chi connectivity index (χ4v) is 2.61. The zero-order valence-corrected chi connectivity index (χ0v) is 9.20. The number of ether oxygens (including phenoxy) is 4. The summed E-state index contributed by atoms with van der Waals surface area (Å²) in [6.45, 7) is 3.39. The molecular weight excluding hydrogens is 216 g/mol. The monoisotopic (exact) mass is 232 g/mol. The highest BCUT2D eigenvalue weighted by molar-refractivity contribution is 5.02. The maximum Gasteiger partial charge on any atom is 0.187 e. The van der Waals surface area contributed by atoms with Gasteiger partial charge >= 0.3 is 0 Å². The van der Waals surface area contributed by atoms with Crippen molar-refractivity contribution in [3.8, 4) is 0 Å². The van der Waals surface area contributed by atoms with Gasteiger partial charge in [-0.05, 0) is 13.8 Å². The van der Waals surface area contributed by atoms with Crippen molar-refractivity contribution in [2.24, 2.45) is 0 Å². The quantitative estimate of drug-likeness (QED) is 0.603. The first-order valence-electron chi connectivity index (χ1n) is 5.47. The van der Waals surface area contributed by atoms with Crippen molar-refractivity contribution in [2.75, 3.05) is 6.61 Å². The summed E-state index contributed by atoms with van der Waals surface area (Å²) in [5.41, 5.74) is 0. The minimum Gasteiger partial charge on any atom is -0.394 e. The summed E-state index contributed by atoms with van der Waals surface area (Å²) in [4.78, 5) is 0. The fourth-order valence-electron chi connectivity index (χ4n) is 2.61. The molecule has 3 aliphatic heterocycles. The van der Waals surface area contributed by atoms with Crippen molar-refractivity contribution < 1.29 is 29.2 Å². The van der Waals surface area contributed by atoms with Crippen LogP contribution >= 0.6 is 0 Å². The smallest absolute Gasteiger partial charge is 0.187 e. The first-order chi connectivity index (χ1) is 7.52. The number of aliphatic hydroxyl groups excluding tert-OH is 2. The van der Waals surface area contributed by atoms with E-state index in [2.05, 4.69) is 0 Å². The van der Waals surface area contributed by atoms with E-state index in [-0.39, 0.29) is 6.61 Å². The van der Waals surface area contributed by atoms with Gasteiger partial charge in [0.1, 0.15) is 30.5 Å². The van der Waals surface area contributed by atoms with Crippen LogP contribution < -0.4 is 0 Å². The number of fused-ring (bicyclic) bond motifs is 4. The molecule has 3 heterocycles. The highest BCUT2D eigenvalue weighted by Gasteiger charge is 2.60. The zero-order chi connectivity index (χ0) is 11.5. The average molecular weight is 232 g/mol. The maximum absolute atomic E-state index is 10.1. The molecule has 6 atom stereocenters. The van der Waals surface area contributed by atoms with Gasteiger partial charge in [-0.25, -0.2) is 0 Å². The summed E-state index contributed by atoms with van der Waals surface area (Å²) in [6.07, 6.45) is -3.30.